The Bertz CT molecular complexity index is 739. The molecule has 3 rings (SSSR count). The van der Waals surface area contributed by atoms with Crippen LogP contribution in [-0.4, -0.2) is 24.7 Å². The Hall–Kier alpha value is -2.56. The first-order valence-corrected chi connectivity index (χ1v) is 8.16. The molecule has 24 heavy (non-hydrogen) atoms. The zero-order valence-electron chi connectivity index (χ0n) is 14.3. The molecule has 0 unspecified atom stereocenters. The minimum atomic E-state index is -0.295. The van der Waals surface area contributed by atoms with Crippen molar-refractivity contribution in [2.75, 3.05) is 19.0 Å². The summed E-state index contributed by atoms with van der Waals surface area (Å²) in [4.78, 5) is 16.8. The van der Waals surface area contributed by atoms with E-state index in [0.717, 1.165) is 29.0 Å². The molecule has 2 aromatic rings. The molecule has 2 heterocycles. The number of nitrogens with zero attached hydrogens (tertiary/aromatic N) is 1. The van der Waals surface area contributed by atoms with Gasteiger partial charge in [0, 0.05) is 18.7 Å². The fourth-order valence-corrected chi connectivity index (χ4v) is 2.72. The highest BCUT2D eigenvalue weighted by Crippen LogP contribution is 2.27. The van der Waals surface area contributed by atoms with Crippen LogP contribution in [0.5, 0.6) is 5.75 Å². The Morgan fingerprint density at radius 2 is 2.04 bits per heavy atom. The number of fused-ring (bicyclic) bond motifs is 1. The highest BCUT2D eigenvalue weighted by atomic mass is 16.5. The standard InChI is InChI=1S/C19H22N2O3/c1-12(2)16-10-14-8-9-24-19(22)17(14)18(21-16)20-11-13-4-6-15(23-3)7-5-13/h4-7,10,12H,8-9,11H2,1-3H3,(H,20,21). The van der Waals surface area contributed by atoms with Crippen LogP contribution in [0.4, 0.5) is 5.82 Å². The predicted octanol–water partition coefficient (Wildman–Crippen LogP) is 3.54. The quantitative estimate of drug-likeness (QED) is 0.852. The number of hydrogen-bond donors (Lipinski definition) is 1. The molecule has 0 spiro atoms. The lowest BCUT2D eigenvalue weighted by atomic mass is 9.99. The third-order valence-corrected chi connectivity index (χ3v) is 4.14. The molecule has 0 aliphatic carbocycles. The SMILES string of the molecule is COc1ccc(CNc2nc(C(C)C)cc3c2C(=O)OCC3)cc1. The Balaban J connectivity index is 1.87. The lowest BCUT2D eigenvalue weighted by Gasteiger charge is -2.21. The number of pyridine rings is 1. The monoisotopic (exact) mass is 326 g/mol. The highest BCUT2D eigenvalue weighted by Gasteiger charge is 2.25. The summed E-state index contributed by atoms with van der Waals surface area (Å²) in [5, 5.41) is 3.30. The lowest BCUT2D eigenvalue weighted by Crippen LogP contribution is -2.21. The number of anilines is 1. The van der Waals surface area contributed by atoms with E-state index in [4.69, 9.17) is 9.47 Å². The molecule has 0 fully saturated rings. The minimum absolute atomic E-state index is 0.295. The van der Waals surface area contributed by atoms with Crippen molar-refractivity contribution in [3.8, 4) is 5.75 Å². The number of ether oxygens (including phenoxy) is 2. The second kappa shape index (κ2) is 6.91. The topological polar surface area (TPSA) is 60.5 Å². The van der Waals surface area contributed by atoms with Crippen molar-refractivity contribution in [2.45, 2.75) is 32.7 Å². The van der Waals surface area contributed by atoms with E-state index in [9.17, 15) is 4.79 Å². The van der Waals surface area contributed by atoms with Gasteiger partial charge < -0.3 is 14.8 Å². The zero-order chi connectivity index (χ0) is 17.1. The van der Waals surface area contributed by atoms with E-state index in [-0.39, 0.29) is 5.97 Å². The average Bonchev–Trinajstić information content (AvgIpc) is 2.60. The first-order valence-electron chi connectivity index (χ1n) is 8.16. The smallest absolute Gasteiger partial charge is 0.342 e. The number of carbonyl (C=O) groups excluding carboxylic acids is 1. The van der Waals surface area contributed by atoms with E-state index in [1.54, 1.807) is 7.11 Å². The van der Waals surface area contributed by atoms with Gasteiger partial charge in [0.1, 0.15) is 17.1 Å². The molecule has 126 valence electrons. The van der Waals surface area contributed by atoms with Gasteiger partial charge in [0.25, 0.3) is 0 Å². The third-order valence-electron chi connectivity index (χ3n) is 4.14. The number of rotatable bonds is 5. The van der Waals surface area contributed by atoms with Crippen molar-refractivity contribution in [3.05, 3.63) is 52.7 Å². The van der Waals surface area contributed by atoms with Gasteiger partial charge in [-0.3, -0.25) is 0 Å². The van der Waals surface area contributed by atoms with Crippen LogP contribution in [0.2, 0.25) is 0 Å². The van der Waals surface area contributed by atoms with E-state index in [2.05, 4.69) is 24.1 Å². The minimum Gasteiger partial charge on any atom is -0.497 e. The van der Waals surface area contributed by atoms with Gasteiger partial charge in [-0.2, -0.15) is 0 Å². The second-order valence-electron chi connectivity index (χ2n) is 6.17. The normalized spacial score (nSPS) is 13.4. The van der Waals surface area contributed by atoms with Crippen LogP contribution < -0.4 is 10.1 Å². The van der Waals surface area contributed by atoms with Crippen LogP contribution in [0.25, 0.3) is 0 Å². The molecule has 0 saturated carbocycles. The molecule has 0 radical (unpaired) electrons. The first kappa shape index (κ1) is 16.3. The van der Waals surface area contributed by atoms with Gasteiger partial charge in [0.2, 0.25) is 0 Å². The van der Waals surface area contributed by atoms with Crippen LogP contribution in [-0.2, 0) is 17.7 Å². The summed E-state index contributed by atoms with van der Waals surface area (Å²) in [7, 11) is 1.65. The van der Waals surface area contributed by atoms with E-state index in [0.29, 0.717) is 30.5 Å². The van der Waals surface area contributed by atoms with Gasteiger partial charge >= 0.3 is 5.97 Å². The highest BCUT2D eigenvalue weighted by molar-refractivity contribution is 5.97. The van der Waals surface area contributed by atoms with Gasteiger partial charge in [-0.25, -0.2) is 9.78 Å². The van der Waals surface area contributed by atoms with E-state index >= 15 is 0 Å². The number of nitrogens with one attached hydrogen (secondary N) is 1. The van der Waals surface area contributed by atoms with Crippen molar-refractivity contribution in [1.29, 1.82) is 0 Å². The van der Waals surface area contributed by atoms with E-state index in [1.165, 1.54) is 0 Å². The van der Waals surface area contributed by atoms with Crippen LogP contribution >= 0.6 is 0 Å². The third kappa shape index (κ3) is 3.35. The van der Waals surface area contributed by atoms with Crippen molar-refractivity contribution < 1.29 is 14.3 Å². The molecule has 1 N–H and O–H groups in total. The maximum Gasteiger partial charge on any atom is 0.342 e. The summed E-state index contributed by atoms with van der Waals surface area (Å²) in [6.45, 7) is 5.22. The molecule has 1 aromatic carbocycles. The molecule has 1 aromatic heterocycles. The fourth-order valence-electron chi connectivity index (χ4n) is 2.72. The molecule has 0 saturated heterocycles. The molecule has 0 amide bonds. The summed E-state index contributed by atoms with van der Waals surface area (Å²) < 4.78 is 10.4. The van der Waals surface area contributed by atoms with Crippen LogP contribution in [0.15, 0.2) is 30.3 Å². The predicted molar refractivity (Wildman–Crippen MR) is 92.6 cm³/mol. The van der Waals surface area contributed by atoms with Crippen molar-refractivity contribution in [2.24, 2.45) is 0 Å². The zero-order valence-corrected chi connectivity index (χ0v) is 14.3. The molecular weight excluding hydrogens is 304 g/mol. The van der Waals surface area contributed by atoms with Crippen LogP contribution in [0.1, 0.15) is 46.9 Å². The van der Waals surface area contributed by atoms with E-state index < -0.39 is 0 Å². The molecule has 1 aliphatic heterocycles. The van der Waals surface area contributed by atoms with Crippen molar-refractivity contribution >= 4 is 11.8 Å². The van der Waals surface area contributed by atoms with Crippen LogP contribution in [0, 0.1) is 0 Å². The van der Waals surface area contributed by atoms with Gasteiger partial charge in [0.05, 0.1) is 13.7 Å². The molecule has 0 bridgehead atoms. The summed E-state index contributed by atoms with van der Waals surface area (Å²) in [6, 6.07) is 9.84. The summed E-state index contributed by atoms with van der Waals surface area (Å²) in [5.74, 6) is 1.43. The Labute approximate surface area is 142 Å². The molecule has 5 heteroatoms. The Kier molecular flexibility index (Phi) is 4.69. The number of carbonyl (C=O) groups is 1. The molecule has 1 aliphatic rings. The van der Waals surface area contributed by atoms with Crippen molar-refractivity contribution in [1.82, 2.24) is 4.98 Å². The van der Waals surface area contributed by atoms with Gasteiger partial charge in [-0.05, 0) is 35.2 Å². The number of aromatic nitrogens is 1. The van der Waals surface area contributed by atoms with E-state index in [1.807, 2.05) is 30.3 Å². The second-order valence-corrected chi connectivity index (χ2v) is 6.17. The number of cyclic esters (lactones) is 1. The fraction of sp³-hybridized carbons (Fsp3) is 0.368. The number of hydrogen-bond acceptors (Lipinski definition) is 5. The van der Waals surface area contributed by atoms with Crippen molar-refractivity contribution in [3.63, 3.8) is 0 Å². The molecular formula is C19H22N2O3. The lowest BCUT2D eigenvalue weighted by molar-refractivity contribution is 0.0481. The largest absolute Gasteiger partial charge is 0.497 e. The average molecular weight is 326 g/mol. The molecule has 0 atom stereocenters. The maximum atomic E-state index is 12.2. The first-order chi connectivity index (χ1) is 11.6. The van der Waals surface area contributed by atoms with Gasteiger partial charge in [-0.15, -0.1) is 0 Å². The number of benzene rings is 1. The summed E-state index contributed by atoms with van der Waals surface area (Å²) >= 11 is 0. The summed E-state index contributed by atoms with van der Waals surface area (Å²) in [5.41, 5.74) is 3.66. The molecule has 5 nitrogen and oxygen atoms in total. The number of methoxy groups -OCH3 is 1. The van der Waals surface area contributed by atoms with Gasteiger partial charge in [0.15, 0.2) is 0 Å². The van der Waals surface area contributed by atoms with Gasteiger partial charge in [-0.1, -0.05) is 26.0 Å². The van der Waals surface area contributed by atoms with Crippen LogP contribution in [0.3, 0.4) is 0 Å². The summed E-state index contributed by atoms with van der Waals surface area (Å²) in [6.07, 6.45) is 0.737. The number of esters is 1. The maximum absolute atomic E-state index is 12.2. The Morgan fingerprint density at radius 3 is 2.71 bits per heavy atom. The Morgan fingerprint density at radius 1 is 1.29 bits per heavy atom.